The molecule has 5 rings (SSSR count). The summed E-state index contributed by atoms with van der Waals surface area (Å²) in [6.45, 7) is 3.06. The second kappa shape index (κ2) is 10.2. The molecule has 3 aromatic heterocycles. The quantitative estimate of drug-likeness (QED) is 0.427. The maximum absolute atomic E-state index is 13.5. The number of aromatic nitrogens is 4. The van der Waals surface area contributed by atoms with Crippen LogP contribution in [0.2, 0.25) is 0 Å². The van der Waals surface area contributed by atoms with Gasteiger partial charge in [0, 0.05) is 19.9 Å². The zero-order valence-electron chi connectivity index (χ0n) is 20.3. The van der Waals surface area contributed by atoms with Crippen molar-refractivity contribution < 1.29 is 14.3 Å². The van der Waals surface area contributed by atoms with Crippen LogP contribution in [0.3, 0.4) is 0 Å². The molecule has 4 aromatic rings. The number of carbonyl (C=O) groups is 2. The number of fused-ring (bicyclic) bond motifs is 1. The van der Waals surface area contributed by atoms with Crippen LogP contribution < -0.4 is 5.32 Å². The Balaban J connectivity index is 1.35. The number of hydrogen-bond acceptors (Lipinski definition) is 6. The molecule has 1 aliphatic rings. The molecule has 1 fully saturated rings. The van der Waals surface area contributed by atoms with Crippen LogP contribution in [0.25, 0.3) is 11.0 Å². The Bertz CT molecular complexity index is 1400. The maximum atomic E-state index is 13.5. The zero-order chi connectivity index (χ0) is 25.1. The summed E-state index contributed by atoms with van der Waals surface area (Å²) in [6, 6.07) is 16.6. The molecular formula is C27H28N6O3. The molecule has 2 amide bonds. The SMILES string of the molecule is COCc1nc2ccccc2n1CC(=O)N1CCCC1c1cccc(C(=O)Nc2ccc(C)cn2)n1. The number of aryl methyl sites for hydroxylation is 1. The predicted octanol–water partition coefficient (Wildman–Crippen LogP) is 3.90. The molecule has 0 aliphatic carbocycles. The molecular weight excluding hydrogens is 456 g/mol. The summed E-state index contributed by atoms with van der Waals surface area (Å²) < 4.78 is 7.24. The first-order chi connectivity index (χ1) is 17.5. The van der Waals surface area contributed by atoms with Crippen LogP contribution in [0.5, 0.6) is 0 Å². The van der Waals surface area contributed by atoms with Crippen molar-refractivity contribution in [1.29, 1.82) is 0 Å². The van der Waals surface area contributed by atoms with E-state index in [1.54, 1.807) is 31.5 Å². The van der Waals surface area contributed by atoms with Crippen molar-refractivity contribution in [3.63, 3.8) is 0 Å². The van der Waals surface area contributed by atoms with E-state index in [9.17, 15) is 9.59 Å². The Hall–Kier alpha value is -4.11. The fourth-order valence-corrected chi connectivity index (χ4v) is 4.63. The number of imidazole rings is 1. The van der Waals surface area contributed by atoms with Gasteiger partial charge in [0.05, 0.1) is 22.8 Å². The number of para-hydroxylation sites is 2. The van der Waals surface area contributed by atoms with Gasteiger partial charge in [-0.15, -0.1) is 0 Å². The highest BCUT2D eigenvalue weighted by Gasteiger charge is 2.32. The van der Waals surface area contributed by atoms with Gasteiger partial charge in [-0.2, -0.15) is 0 Å². The lowest BCUT2D eigenvalue weighted by molar-refractivity contribution is -0.132. The highest BCUT2D eigenvalue weighted by Crippen LogP contribution is 2.31. The van der Waals surface area contributed by atoms with Gasteiger partial charge in [-0.1, -0.05) is 24.3 Å². The topological polar surface area (TPSA) is 102 Å². The second-order valence-corrected chi connectivity index (χ2v) is 8.90. The van der Waals surface area contributed by atoms with E-state index in [2.05, 4.69) is 20.3 Å². The number of anilines is 1. The molecule has 4 heterocycles. The summed E-state index contributed by atoms with van der Waals surface area (Å²) in [4.78, 5) is 41.6. The van der Waals surface area contributed by atoms with E-state index in [0.29, 0.717) is 30.5 Å². The Morgan fingerprint density at radius 1 is 1.08 bits per heavy atom. The van der Waals surface area contributed by atoms with Crippen LogP contribution in [0, 0.1) is 6.92 Å². The molecule has 36 heavy (non-hydrogen) atoms. The molecule has 0 radical (unpaired) electrons. The second-order valence-electron chi connectivity index (χ2n) is 8.90. The summed E-state index contributed by atoms with van der Waals surface area (Å²) in [7, 11) is 1.62. The molecule has 1 atom stereocenters. The van der Waals surface area contributed by atoms with Gasteiger partial charge in [0.15, 0.2) is 0 Å². The van der Waals surface area contributed by atoms with E-state index in [1.165, 1.54) is 0 Å². The summed E-state index contributed by atoms with van der Waals surface area (Å²) in [5.74, 6) is 0.830. The number of hydrogen-bond donors (Lipinski definition) is 1. The minimum Gasteiger partial charge on any atom is -0.377 e. The average Bonchev–Trinajstić information content (AvgIpc) is 3.51. The van der Waals surface area contributed by atoms with Gasteiger partial charge < -0.3 is 19.5 Å². The number of methoxy groups -OCH3 is 1. The van der Waals surface area contributed by atoms with E-state index in [0.717, 1.165) is 29.4 Å². The highest BCUT2D eigenvalue weighted by atomic mass is 16.5. The molecule has 0 saturated carbocycles. The van der Waals surface area contributed by atoms with Crippen molar-refractivity contribution in [2.24, 2.45) is 0 Å². The molecule has 184 valence electrons. The number of benzene rings is 1. The Labute approximate surface area is 209 Å². The number of nitrogens with zero attached hydrogens (tertiary/aromatic N) is 5. The molecule has 0 bridgehead atoms. The number of carbonyl (C=O) groups excluding carboxylic acids is 2. The van der Waals surface area contributed by atoms with E-state index in [1.807, 2.05) is 52.8 Å². The Kier molecular flexibility index (Phi) is 6.73. The number of ether oxygens (including phenoxy) is 1. The van der Waals surface area contributed by atoms with E-state index in [4.69, 9.17) is 4.74 Å². The molecule has 1 aromatic carbocycles. The third kappa shape index (κ3) is 4.83. The maximum Gasteiger partial charge on any atom is 0.275 e. The first kappa shape index (κ1) is 23.6. The van der Waals surface area contributed by atoms with Gasteiger partial charge in [-0.05, 0) is 55.7 Å². The lowest BCUT2D eigenvalue weighted by atomic mass is 10.1. The molecule has 1 N–H and O–H groups in total. The predicted molar refractivity (Wildman–Crippen MR) is 135 cm³/mol. The standard InChI is InChI=1S/C27H28N6O3/c1-18-12-13-24(28-15-18)31-27(35)21-9-5-8-19(29-21)22-11-6-14-32(22)26(34)16-33-23-10-4-3-7-20(23)30-25(33)17-36-2/h3-5,7-10,12-13,15,22H,6,11,14,16-17H2,1-2H3,(H,28,31,35). The van der Waals surface area contributed by atoms with Crippen LogP contribution in [0.1, 0.15) is 46.5 Å². The fraction of sp³-hybridized carbons (Fsp3) is 0.296. The fourth-order valence-electron chi connectivity index (χ4n) is 4.63. The van der Waals surface area contributed by atoms with Crippen LogP contribution in [-0.4, -0.2) is 49.9 Å². The van der Waals surface area contributed by atoms with Crippen molar-refractivity contribution >= 4 is 28.7 Å². The summed E-state index contributed by atoms with van der Waals surface area (Å²) in [6.07, 6.45) is 3.36. The van der Waals surface area contributed by atoms with Gasteiger partial charge in [0.1, 0.15) is 30.5 Å². The number of pyridine rings is 2. The molecule has 1 unspecified atom stereocenters. The van der Waals surface area contributed by atoms with Crippen molar-refractivity contribution in [3.05, 3.63) is 83.6 Å². The lowest BCUT2D eigenvalue weighted by Gasteiger charge is -2.25. The largest absolute Gasteiger partial charge is 0.377 e. The molecule has 1 saturated heterocycles. The normalized spacial score (nSPS) is 15.4. The first-order valence-corrected chi connectivity index (χ1v) is 12.0. The van der Waals surface area contributed by atoms with Crippen LogP contribution in [-0.2, 0) is 22.7 Å². The van der Waals surface area contributed by atoms with Crippen molar-refractivity contribution in [3.8, 4) is 0 Å². The van der Waals surface area contributed by atoms with E-state index < -0.39 is 0 Å². The van der Waals surface area contributed by atoms with Crippen LogP contribution in [0.15, 0.2) is 60.8 Å². The van der Waals surface area contributed by atoms with Crippen molar-refractivity contribution in [2.45, 2.75) is 39.0 Å². The minimum absolute atomic E-state index is 0.0153. The third-order valence-corrected chi connectivity index (χ3v) is 6.37. The summed E-state index contributed by atoms with van der Waals surface area (Å²) >= 11 is 0. The molecule has 1 aliphatic heterocycles. The van der Waals surface area contributed by atoms with Gasteiger partial charge in [-0.25, -0.2) is 15.0 Å². The highest BCUT2D eigenvalue weighted by molar-refractivity contribution is 6.02. The van der Waals surface area contributed by atoms with Gasteiger partial charge in [-0.3, -0.25) is 9.59 Å². The van der Waals surface area contributed by atoms with Gasteiger partial charge in [0.25, 0.3) is 5.91 Å². The average molecular weight is 485 g/mol. The van der Waals surface area contributed by atoms with Gasteiger partial charge in [0.2, 0.25) is 5.91 Å². The van der Waals surface area contributed by atoms with E-state index in [-0.39, 0.29) is 30.1 Å². The van der Waals surface area contributed by atoms with Gasteiger partial charge >= 0.3 is 0 Å². The zero-order valence-corrected chi connectivity index (χ0v) is 20.3. The third-order valence-electron chi connectivity index (χ3n) is 6.37. The van der Waals surface area contributed by atoms with Crippen molar-refractivity contribution in [1.82, 2.24) is 24.4 Å². The molecule has 9 heteroatoms. The summed E-state index contributed by atoms with van der Waals surface area (Å²) in [5, 5.41) is 2.79. The molecule has 0 spiro atoms. The summed E-state index contributed by atoms with van der Waals surface area (Å²) in [5.41, 5.74) is 3.74. The number of likely N-dealkylation sites (tertiary alicyclic amines) is 1. The smallest absolute Gasteiger partial charge is 0.275 e. The van der Waals surface area contributed by atoms with Crippen LogP contribution >= 0.6 is 0 Å². The molecule has 9 nitrogen and oxygen atoms in total. The number of amides is 2. The van der Waals surface area contributed by atoms with Crippen LogP contribution in [0.4, 0.5) is 5.82 Å². The van der Waals surface area contributed by atoms with E-state index >= 15 is 0 Å². The Morgan fingerprint density at radius 2 is 1.94 bits per heavy atom. The Morgan fingerprint density at radius 3 is 2.75 bits per heavy atom. The minimum atomic E-state index is -0.335. The lowest BCUT2D eigenvalue weighted by Crippen LogP contribution is -2.34. The number of rotatable bonds is 7. The monoisotopic (exact) mass is 484 g/mol. The number of nitrogens with one attached hydrogen (secondary N) is 1. The van der Waals surface area contributed by atoms with Crippen molar-refractivity contribution in [2.75, 3.05) is 19.0 Å². The first-order valence-electron chi connectivity index (χ1n) is 12.0.